The molecule has 0 bridgehead atoms. The molecule has 23 heavy (non-hydrogen) atoms. The van der Waals surface area contributed by atoms with Gasteiger partial charge in [0, 0.05) is 0 Å². The quantitative estimate of drug-likeness (QED) is 0.373. The van der Waals surface area contributed by atoms with Gasteiger partial charge in [-0.2, -0.15) is 0 Å². The number of carbonyl (C=O) groups excluding carboxylic acids is 2. The van der Waals surface area contributed by atoms with E-state index in [1.807, 2.05) is 27.7 Å². The van der Waals surface area contributed by atoms with Crippen LogP contribution in [0.5, 0.6) is 0 Å². The number of fused-ring (bicyclic) bond motifs is 2. The zero-order valence-corrected chi connectivity index (χ0v) is 13.3. The molecule has 7 nitrogen and oxygen atoms in total. The molecule has 2 fully saturated rings. The summed E-state index contributed by atoms with van der Waals surface area (Å²) in [4.78, 5) is 24.6. The highest BCUT2D eigenvalue weighted by Crippen LogP contribution is 2.50. The number of rotatable bonds is 0. The Labute approximate surface area is 133 Å². The molecule has 1 aliphatic carbocycles. The summed E-state index contributed by atoms with van der Waals surface area (Å²) in [5.41, 5.74) is 0.0324. The van der Waals surface area contributed by atoms with Crippen molar-refractivity contribution < 1.29 is 33.3 Å². The number of esters is 2. The molecule has 0 unspecified atom stereocenters. The average Bonchev–Trinajstić information content (AvgIpc) is 3.03. The van der Waals surface area contributed by atoms with Crippen LogP contribution in [0.1, 0.15) is 27.7 Å². The van der Waals surface area contributed by atoms with Gasteiger partial charge in [-0.3, -0.25) is 0 Å². The Morgan fingerprint density at radius 3 is 1.30 bits per heavy atom. The largest absolute Gasteiger partial charge is 0.386 e. The minimum Gasteiger partial charge on any atom is -0.386 e. The predicted octanol–water partition coefficient (Wildman–Crippen LogP) is 0.976. The first-order chi connectivity index (χ1) is 10.8. The highest BCUT2D eigenvalue weighted by Gasteiger charge is 2.63. The van der Waals surface area contributed by atoms with Crippen molar-refractivity contribution in [3.05, 3.63) is 23.3 Å². The van der Waals surface area contributed by atoms with Crippen molar-refractivity contribution >= 4 is 11.9 Å². The molecule has 0 aromatic rings. The van der Waals surface area contributed by atoms with E-state index in [0.29, 0.717) is 0 Å². The van der Waals surface area contributed by atoms with Gasteiger partial charge in [-0.25, -0.2) is 9.59 Å². The molecule has 4 atom stereocenters. The van der Waals surface area contributed by atoms with Gasteiger partial charge in [0.15, 0.2) is 0 Å². The van der Waals surface area contributed by atoms with Crippen LogP contribution in [0.3, 0.4) is 0 Å². The Morgan fingerprint density at radius 1 is 0.696 bits per heavy atom. The maximum Gasteiger partial charge on any atom is 0.348 e. The predicted molar refractivity (Wildman–Crippen MR) is 74.9 cm³/mol. The monoisotopic (exact) mass is 322 g/mol. The molecule has 0 radical (unpaired) electrons. The number of ether oxygens (including phenoxy) is 5. The van der Waals surface area contributed by atoms with Crippen LogP contribution in [0.4, 0.5) is 0 Å². The molecule has 124 valence electrons. The van der Waals surface area contributed by atoms with Crippen molar-refractivity contribution in [2.45, 2.75) is 63.7 Å². The van der Waals surface area contributed by atoms with Crippen LogP contribution in [0.15, 0.2) is 23.3 Å². The lowest BCUT2D eigenvalue weighted by molar-refractivity contribution is -0.156. The van der Waals surface area contributed by atoms with E-state index in [1.54, 1.807) is 12.2 Å². The van der Waals surface area contributed by atoms with Gasteiger partial charge in [0.25, 0.3) is 0 Å². The molecule has 2 saturated heterocycles. The van der Waals surface area contributed by atoms with Crippen LogP contribution in [-0.2, 0) is 33.3 Å². The molecule has 7 heteroatoms. The molecule has 3 aliphatic heterocycles. The second kappa shape index (κ2) is 4.51. The Bertz CT molecular complexity index is 587. The van der Waals surface area contributed by atoms with Crippen LogP contribution < -0.4 is 0 Å². The van der Waals surface area contributed by atoms with Crippen molar-refractivity contribution in [1.29, 1.82) is 0 Å². The fourth-order valence-electron chi connectivity index (χ4n) is 3.35. The van der Waals surface area contributed by atoms with E-state index in [1.165, 1.54) is 0 Å². The van der Waals surface area contributed by atoms with Gasteiger partial charge in [0.1, 0.15) is 11.1 Å². The molecule has 4 rings (SSSR count). The summed E-state index contributed by atoms with van der Waals surface area (Å²) in [6.07, 6.45) is 2.19. The van der Waals surface area contributed by atoms with Crippen molar-refractivity contribution in [3.8, 4) is 0 Å². The molecule has 3 heterocycles. The summed E-state index contributed by atoms with van der Waals surface area (Å²) in [5.74, 6) is -4.42. The Morgan fingerprint density at radius 2 is 1.00 bits per heavy atom. The molecule has 0 N–H and O–H groups in total. The van der Waals surface area contributed by atoms with Crippen LogP contribution in [0.25, 0.3) is 0 Å². The second-order valence-corrected chi connectivity index (χ2v) is 6.39. The Kier molecular flexibility index (Phi) is 2.94. The first-order valence-electron chi connectivity index (χ1n) is 7.71. The normalized spacial score (nSPS) is 40.3. The lowest BCUT2D eigenvalue weighted by atomic mass is 9.89. The maximum atomic E-state index is 12.3. The SMILES string of the molecule is C[C@H]1OC2(C=CC3(O[C@H](C)[C@@H](C)O3)C3=C2C(=O)OC3=O)O[C@@H]1C. The topological polar surface area (TPSA) is 80.3 Å². The molecule has 4 aliphatic rings. The zero-order valence-electron chi connectivity index (χ0n) is 13.3. The lowest BCUT2D eigenvalue weighted by Crippen LogP contribution is -2.44. The summed E-state index contributed by atoms with van der Waals surface area (Å²) < 4.78 is 28.3. The van der Waals surface area contributed by atoms with Gasteiger partial charge in [0.05, 0.1) is 24.4 Å². The molecule has 2 spiro atoms. The zero-order chi connectivity index (χ0) is 16.6. The van der Waals surface area contributed by atoms with Crippen LogP contribution in [-0.4, -0.2) is 47.9 Å². The first-order valence-corrected chi connectivity index (χ1v) is 7.71. The molecular formula is C16H18O7. The number of hydrogen-bond acceptors (Lipinski definition) is 7. The van der Waals surface area contributed by atoms with E-state index in [0.717, 1.165) is 0 Å². The van der Waals surface area contributed by atoms with E-state index in [2.05, 4.69) is 0 Å². The van der Waals surface area contributed by atoms with E-state index < -0.39 is 23.5 Å². The number of cyclic esters (lactones) is 2. The van der Waals surface area contributed by atoms with Crippen LogP contribution in [0, 0.1) is 0 Å². The van der Waals surface area contributed by atoms with Gasteiger partial charge in [-0.1, -0.05) is 0 Å². The van der Waals surface area contributed by atoms with Crippen LogP contribution in [0.2, 0.25) is 0 Å². The lowest BCUT2D eigenvalue weighted by Gasteiger charge is -2.34. The van der Waals surface area contributed by atoms with Gasteiger partial charge >= 0.3 is 11.9 Å². The van der Waals surface area contributed by atoms with Gasteiger partial charge < -0.3 is 23.7 Å². The molecular weight excluding hydrogens is 304 g/mol. The van der Waals surface area contributed by atoms with Gasteiger partial charge in [0.2, 0.25) is 11.6 Å². The maximum absolute atomic E-state index is 12.3. The molecule has 0 aromatic heterocycles. The number of hydrogen-bond donors (Lipinski definition) is 0. The van der Waals surface area contributed by atoms with Crippen molar-refractivity contribution in [2.24, 2.45) is 0 Å². The summed E-state index contributed by atoms with van der Waals surface area (Å²) in [6.45, 7) is 7.36. The summed E-state index contributed by atoms with van der Waals surface area (Å²) in [7, 11) is 0. The highest BCUT2D eigenvalue weighted by molar-refractivity contribution is 6.15. The summed E-state index contributed by atoms with van der Waals surface area (Å²) in [6, 6.07) is 0. The molecule has 0 aromatic carbocycles. The third-order valence-electron chi connectivity index (χ3n) is 4.83. The third-order valence-corrected chi connectivity index (χ3v) is 4.83. The standard InChI is InChI=1S/C16H18O7/c1-7-8(2)21-15(20-7)5-6-16(22-9(3)10(4)23-16)12-11(15)13(17)19-14(12)18/h5-10H,1-4H3/t7-,8-,9-,10-/m1/s1. The summed E-state index contributed by atoms with van der Waals surface area (Å²) >= 11 is 0. The fraction of sp³-hybridized carbons (Fsp3) is 0.625. The second-order valence-electron chi connectivity index (χ2n) is 6.39. The molecule has 0 amide bonds. The Hall–Kier alpha value is -1.54. The van der Waals surface area contributed by atoms with Crippen molar-refractivity contribution in [2.75, 3.05) is 0 Å². The minimum absolute atomic E-state index is 0.0162. The van der Waals surface area contributed by atoms with Crippen molar-refractivity contribution in [3.63, 3.8) is 0 Å². The highest BCUT2D eigenvalue weighted by atomic mass is 16.8. The average molecular weight is 322 g/mol. The van der Waals surface area contributed by atoms with E-state index >= 15 is 0 Å². The third kappa shape index (κ3) is 1.85. The van der Waals surface area contributed by atoms with Gasteiger partial charge in [-0.05, 0) is 39.8 Å². The minimum atomic E-state index is -1.43. The van der Waals surface area contributed by atoms with Crippen molar-refractivity contribution in [1.82, 2.24) is 0 Å². The van der Waals surface area contributed by atoms with E-state index in [-0.39, 0.29) is 35.6 Å². The fourth-order valence-corrected chi connectivity index (χ4v) is 3.35. The van der Waals surface area contributed by atoms with E-state index in [9.17, 15) is 9.59 Å². The first kappa shape index (κ1) is 15.0. The smallest absolute Gasteiger partial charge is 0.348 e. The number of carbonyl (C=O) groups is 2. The molecule has 0 saturated carbocycles. The van der Waals surface area contributed by atoms with E-state index in [4.69, 9.17) is 23.7 Å². The van der Waals surface area contributed by atoms with Gasteiger partial charge in [-0.15, -0.1) is 0 Å². The summed E-state index contributed by atoms with van der Waals surface area (Å²) in [5, 5.41) is 0. The Balaban J connectivity index is 1.87. The van der Waals surface area contributed by atoms with Crippen LogP contribution >= 0.6 is 0 Å².